The monoisotopic (exact) mass is 294 g/mol. The van der Waals surface area contributed by atoms with Gasteiger partial charge in [0, 0.05) is 22.2 Å². The van der Waals surface area contributed by atoms with Gasteiger partial charge in [0.15, 0.2) is 0 Å². The summed E-state index contributed by atoms with van der Waals surface area (Å²) >= 11 is 1.54. The van der Waals surface area contributed by atoms with Crippen molar-refractivity contribution in [3.63, 3.8) is 0 Å². The van der Waals surface area contributed by atoms with Crippen LogP contribution in [0.25, 0.3) is 0 Å². The summed E-state index contributed by atoms with van der Waals surface area (Å²) in [5.74, 6) is 0.216. The summed E-state index contributed by atoms with van der Waals surface area (Å²) in [7, 11) is 0. The van der Waals surface area contributed by atoms with E-state index in [9.17, 15) is 9.59 Å². The van der Waals surface area contributed by atoms with Gasteiger partial charge in [-0.2, -0.15) is 0 Å². The number of amides is 2. The molecule has 1 heterocycles. The van der Waals surface area contributed by atoms with E-state index in [1.807, 2.05) is 11.4 Å². The Hall–Kier alpha value is -1.56. The molecule has 2 aliphatic rings. The molecule has 3 rings (SSSR count). The number of rotatable bonds is 4. The minimum Gasteiger partial charge on any atom is -0.446 e. The molecule has 2 saturated carbocycles. The molecule has 0 aliphatic heterocycles. The van der Waals surface area contributed by atoms with Crippen molar-refractivity contribution in [1.82, 2.24) is 5.32 Å². The number of nitrogens with two attached hydrogens (primary N) is 1. The van der Waals surface area contributed by atoms with Gasteiger partial charge in [0.1, 0.15) is 6.10 Å². The number of carbonyl (C=O) groups is 2. The van der Waals surface area contributed by atoms with E-state index < -0.39 is 6.09 Å². The van der Waals surface area contributed by atoms with Crippen LogP contribution in [0.2, 0.25) is 0 Å². The molecule has 0 aromatic carbocycles. The van der Waals surface area contributed by atoms with Gasteiger partial charge in [0.2, 0.25) is 0 Å². The van der Waals surface area contributed by atoms with Crippen molar-refractivity contribution in [3.8, 4) is 0 Å². The quantitative estimate of drug-likeness (QED) is 0.894. The van der Waals surface area contributed by atoms with E-state index in [0.29, 0.717) is 11.6 Å². The summed E-state index contributed by atoms with van der Waals surface area (Å²) in [5.41, 5.74) is 5.71. The lowest BCUT2D eigenvalue weighted by Gasteiger charge is -2.10. The van der Waals surface area contributed by atoms with Crippen LogP contribution in [0.5, 0.6) is 0 Å². The largest absolute Gasteiger partial charge is 0.446 e. The zero-order valence-corrected chi connectivity index (χ0v) is 11.9. The zero-order valence-electron chi connectivity index (χ0n) is 11.1. The molecule has 20 heavy (non-hydrogen) atoms. The van der Waals surface area contributed by atoms with Crippen LogP contribution in [-0.4, -0.2) is 24.1 Å². The van der Waals surface area contributed by atoms with Crippen LogP contribution in [0.3, 0.4) is 0 Å². The average Bonchev–Trinajstić information content (AvgIpc) is 2.85. The van der Waals surface area contributed by atoms with Gasteiger partial charge in [-0.15, -0.1) is 11.3 Å². The normalized spacial score (nSPS) is 25.4. The maximum Gasteiger partial charge on any atom is 0.404 e. The highest BCUT2D eigenvalue weighted by atomic mass is 32.1. The third-order valence-corrected chi connectivity index (χ3v) is 5.00. The van der Waals surface area contributed by atoms with Crippen molar-refractivity contribution in [1.29, 1.82) is 0 Å². The molecule has 2 unspecified atom stereocenters. The van der Waals surface area contributed by atoms with Crippen LogP contribution in [0.1, 0.15) is 53.3 Å². The van der Waals surface area contributed by atoms with Crippen LogP contribution in [-0.2, 0) is 4.74 Å². The molecular formula is C14H18N2O3S. The third-order valence-electron chi connectivity index (χ3n) is 3.94. The van der Waals surface area contributed by atoms with Crippen molar-refractivity contribution >= 4 is 23.3 Å². The van der Waals surface area contributed by atoms with Crippen molar-refractivity contribution in [2.45, 2.75) is 50.2 Å². The molecule has 0 radical (unpaired) electrons. The number of thiophene rings is 1. The van der Waals surface area contributed by atoms with E-state index in [1.165, 1.54) is 12.8 Å². The number of primary amides is 1. The Morgan fingerprint density at radius 3 is 2.80 bits per heavy atom. The lowest BCUT2D eigenvalue weighted by Crippen LogP contribution is -2.32. The van der Waals surface area contributed by atoms with E-state index >= 15 is 0 Å². The smallest absolute Gasteiger partial charge is 0.404 e. The van der Waals surface area contributed by atoms with E-state index in [2.05, 4.69) is 5.32 Å². The first-order chi connectivity index (χ1) is 9.63. The minimum absolute atomic E-state index is 0.00687. The third kappa shape index (κ3) is 2.95. The molecule has 5 nitrogen and oxygen atoms in total. The molecule has 108 valence electrons. The topological polar surface area (TPSA) is 81.4 Å². The van der Waals surface area contributed by atoms with Crippen LogP contribution in [0.4, 0.5) is 4.79 Å². The highest BCUT2D eigenvalue weighted by Crippen LogP contribution is 2.45. The summed E-state index contributed by atoms with van der Waals surface area (Å²) in [4.78, 5) is 23.9. The molecule has 0 bridgehead atoms. The van der Waals surface area contributed by atoms with Crippen LogP contribution < -0.4 is 11.1 Å². The molecule has 2 atom stereocenters. The van der Waals surface area contributed by atoms with Gasteiger partial charge in [-0.3, -0.25) is 4.79 Å². The molecule has 0 spiro atoms. The van der Waals surface area contributed by atoms with Crippen molar-refractivity contribution in [2.75, 3.05) is 0 Å². The minimum atomic E-state index is -0.728. The van der Waals surface area contributed by atoms with Crippen LogP contribution >= 0.6 is 11.3 Å². The summed E-state index contributed by atoms with van der Waals surface area (Å²) in [6, 6.07) is 2.24. The summed E-state index contributed by atoms with van der Waals surface area (Å²) in [6.45, 7) is 0. The fraction of sp³-hybridized carbons (Fsp3) is 0.571. The summed E-state index contributed by atoms with van der Waals surface area (Å²) in [6.07, 6.45) is 4.53. The second-order valence-corrected chi connectivity index (χ2v) is 6.45. The Morgan fingerprint density at radius 2 is 2.10 bits per heavy atom. The summed E-state index contributed by atoms with van der Waals surface area (Å²) in [5, 5.41) is 4.95. The van der Waals surface area contributed by atoms with Crippen LogP contribution in [0.15, 0.2) is 11.4 Å². The second-order valence-electron chi connectivity index (χ2n) is 5.51. The maximum atomic E-state index is 12.1. The molecule has 6 heteroatoms. The Balaban J connectivity index is 1.57. The Labute approximate surface area is 121 Å². The predicted molar refractivity (Wildman–Crippen MR) is 75.9 cm³/mol. The molecular weight excluding hydrogens is 276 g/mol. The Morgan fingerprint density at radius 1 is 1.35 bits per heavy atom. The first-order valence-electron chi connectivity index (χ1n) is 6.99. The zero-order chi connectivity index (χ0) is 14.1. The molecule has 0 saturated heterocycles. The molecule has 2 aliphatic carbocycles. The Kier molecular flexibility index (Phi) is 3.65. The maximum absolute atomic E-state index is 12.1. The molecule has 3 N–H and O–H groups in total. The molecule has 1 aromatic heterocycles. The van der Waals surface area contributed by atoms with Gasteiger partial charge in [0.25, 0.3) is 5.91 Å². The molecule has 2 amide bonds. The molecule has 2 fully saturated rings. The van der Waals surface area contributed by atoms with Gasteiger partial charge in [-0.1, -0.05) is 12.8 Å². The first kappa shape index (κ1) is 13.4. The van der Waals surface area contributed by atoms with E-state index in [4.69, 9.17) is 10.5 Å². The van der Waals surface area contributed by atoms with Gasteiger partial charge < -0.3 is 15.8 Å². The van der Waals surface area contributed by atoms with Gasteiger partial charge in [-0.05, 0) is 25.3 Å². The fourth-order valence-corrected chi connectivity index (χ4v) is 3.81. The van der Waals surface area contributed by atoms with Gasteiger partial charge >= 0.3 is 6.09 Å². The number of ether oxygens (including phenoxy) is 1. The average molecular weight is 294 g/mol. The number of carbonyl (C=O) groups excluding carboxylic acids is 2. The summed E-state index contributed by atoms with van der Waals surface area (Å²) < 4.78 is 4.95. The van der Waals surface area contributed by atoms with Crippen molar-refractivity contribution in [2.24, 2.45) is 5.73 Å². The standard InChI is InChI=1S/C14H18N2O3S/c15-14(18)19-11-6-10(11)12-5-8(7-20-12)13(17)16-9-3-1-2-4-9/h5,7,9-11H,1-4,6H2,(H2,15,18)(H,16,17). The second kappa shape index (κ2) is 5.44. The lowest BCUT2D eigenvalue weighted by molar-refractivity contribution is 0.0938. The number of hydrogen-bond donors (Lipinski definition) is 2. The van der Waals surface area contributed by atoms with Gasteiger partial charge in [0.05, 0.1) is 5.56 Å². The van der Waals surface area contributed by atoms with E-state index in [1.54, 1.807) is 11.3 Å². The number of nitrogens with one attached hydrogen (secondary N) is 1. The van der Waals surface area contributed by atoms with Gasteiger partial charge in [-0.25, -0.2) is 4.79 Å². The van der Waals surface area contributed by atoms with Crippen molar-refractivity contribution in [3.05, 3.63) is 21.9 Å². The predicted octanol–water partition coefficient (Wildman–Crippen LogP) is 2.37. The SMILES string of the molecule is NC(=O)OC1CC1c1cc(C(=O)NC2CCCC2)cs1. The van der Waals surface area contributed by atoms with Crippen LogP contribution in [0, 0.1) is 0 Å². The number of hydrogen-bond acceptors (Lipinski definition) is 4. The van der Waals surface area contributed by atoms with Crippen molar-refractivity contribution < 1.29 is 14.3 Å². The lowest BCUT2D eigenvalue weighted by atomic mass is 10.2. The highest BCUT2D eigenvalue weighted by Gasteiger charge is 2.42. The highest BCUT2D eigenvalue weighted by molar-refractivity contribution is 7.10. The van der Waals surface area contributed by atoms with E-state index in [0.717, 1.165) is 24.1 Å². The first-order valence-corrected chi connectivity index (χ1v) is 7.87. The van der Waals surface area contributed by atoms with E-state index in [-0.39, 0.29) is 17.9 Å². The fourth-order valence-electron chi connectivity index (χ4n) is 2.76. The molecule has 1 aromatic rings. The Bertz CT molecular complexity index is 522.